The average Bonchev–Trinajstić information content (AvgIpc) is 2.93. The number of aromatic hydroxyl groups is 2. The van der Waals surface area contributed by atoms with Crippen molar-refractivity contribution in [3.8, 4) is 22.9 Å². The van der Waals surface area contributed by atoms with Gasteiger partial charge in [-0.1, -0.05) is 23.4 Å². The number of phenolic OH excluding ortho intramolecular Hbond substituents is 2. The van der Waals surface area contributed by atoms with Crippen LogP contribution >= 0.6 is 0 Å². The van der Waals surface area contributed by atoms with E-state index in [4.69, 9.17) is 10.3 Å². The Bertz CT molecular complexity index is 783. The molecule has 0 radical (unpaired) electrons. The second kappa shape index (κ2) is 5.16. The van der Waals surface area contributed by atoms with Crippen LogP contribution in [0.4, 0.5) is 5.69 Å². The van der Waals surface area contributed by atoms with Crippen LogP contribution in [0.25, 0.3) is 11.4 Å². The zero-order valence-electron chi connectivity index (χ0n) is 11.0. The van der Waals surface area contributed by atoms with Crippen molar-refractivity contribution in [1.82, 2.24) is 10.1 Å². The molecule has 0 unspecified atom stereocenters. The van der Waals surface area contributed by atoms with E-state index in [-0.39, 0.29) is 11.5 Å². The van der Waals surface area contributed by atoms with Crippen molar-refractivity contribution in [1.29, 1.82) is 0 Å². The fourth-order valence-electron chi connectivity index (χ4n) is 1.96. The summed E-state index contributed by atoms with van der Waals surface area (Å²) >= 11 is 0. The summed E-state index contributed by atoms with van der Waals surface area (Å²) in [4.78, 5) is 4.26. The maximum Gasteiger partial charge on any atom is 0.231 e. The first-order valence-electron chi connectivity index (χ1n) is 6.32. The van der Waals surface area contributed by atoms with E-state index in [1.165, 1.54) is 12.1 Å². The quantitative estimate of drug-likeness (QED) is 0.503. The van der Waals surface area contributed by atoms with Gasteiger partial charge in [-0.15, -0.1) is 0 Å². The van der Waals surface area contributed by atoms with Gasteiger partial charge in [0.2, 0.25) is 11.7 Å². The molecular formula is C15H13N3O3. The molecule has 0 bridgehead atoms. The van der Waals surface area contributed by atoms with Gasteiger partial charge in [-0.05, 0) is 29.8 Å². The Morgan fingerprint density at radius 1 is 1.05 bits per heavy atom. The Balaban J connectivity index is 1.86. The molecule has 0 aliphatic heterocycles. The molecule has 0 fully saturated rings. The van der Waals surface area contributed by atoms with Crippen LogP contribution in [0.3, 0.4) is 0 Å². The molecule has 21 heavy (non-hydrogen) atoms. The van der Waals surface area contributed by atoms with Gasteiger partial charge in [-0.25, -0.2) is 0 Å². The number of nitrogens with two attached hydrogens (primary N) is 1. The maximum absolute atomic E-state index is 9.49. The van der Waals surface area contributed by atoms with E-state index >= 15 is 0 Å². The molecule has 1 heterocycles. The second-order valence-corrected chi connectivity index (χ2v) is 4.59. The first-order chi connectivity index (χ1) is 10.1. The summed E-state index contributed by atoms with van der Waals surface area (Å²) in [5, 5.41) is 22.6. The van der Waals surface area contributed by atoms with E-state index in [9.17, 15) is 10.2 Å². The van der Waals surface area contributed by atoms with Crippen molar-refractivity contribution in [3.05, 3.63) is 53.9 Å². The summed E-state index contributed by atoms with van der Waals surface area (Å²) in [6.07, 6.45) is 0.434. The van der Waals surface area contributed by atoms with Gasteiger partial charge >= 0.3 is 0 Å². The fraction of sp³-hybridized carbons (Fsp3) is 0.0667. The predicted octanol–water partition coefficient (Wildman–Crippen LogP) is 2.32. The van der Waals surface area contributed by atoms with E-state index in [2.05, 4.69) is 10.1 Å². The predicted molar refractivity (Wildman–Crippen MR) is 76.7 cm³/mol. The Morgan fingerprint density at radius 2 is 1.86 bits per heavy atom. The van der Waals surface area contributed by atoms with Gasteiger partial charge in [0.05, 0.1) is 6.42 Å². The van der Waals surface area contributed by atoms with E-state index in [1.54, 1.807) is 6.07 Å². The number of phenols is 2. The summed E-state index contributed by atoms with van der Waals surface area (Å²) in [5.41, 5.74) is 8.00. The minimum atomic E-state index is -0.230. The highest BCUT2D eigenvalue weighted by atomic mass is 16.5. The van der Waals surface area contributed by atoms with Crippen LogP contribution in [0.1, 0.15) is 11.5 Å². The van der Waals surface area contributed by atoms with Crippen LogP contribution in [0.2, 0.25) is 0 Å². The first kappa shape index (κ1) is 13.0. The Labute approximate surface area is 120 Å². The third-order valence-electron chi connectivity index (χ3n) is 3.10. The van der Waals surface area contributed by atoms with Crippen molar-refractivity contribution in [2.45, 2.75) is 6.42 Å². The average molecular weight is 283 g/mol. The first-order valence-corrected chi connectivity index (χ1v) is 6.32. The zero-order chi connectivity index (χ0) is 14.8. The molecule has 3 aromatic rings. The number of nitrogens with zero attached hydrogens (tertiary/aromatic N) is 2. The molecule has 3 rings (SSSR count). The fourth-order valence-corrected chi connectivity index (χ4v) is 1.96. The highest BCUT2D eigenvalue weighted by Gasteiger charge is 2.12. The van der Waals surface area contributed by atoms with Crippen molar-refractivity contribution in [2.75, 3.05) is 5.73 Å². The minimum absolute atomic E-state index is 0.195. The molecule has 1 aromatic heterocycles. The molecule has 6 nitrogen and oxygen atoms in total. The van der Waals surface area contributed by atoms with Crippen LogP contribution < -0.4 is 5.73 Å². The number of nitrogen functional groups attached to an aromatic ring is 1. The van der Waals surface area contributed by atoms with Crippen LogP contribution in [-0.4, -0.2) is 20.4 Å². The smallest absolute Gasteiger partial charge is 0.231 e. The lowest BCUT2D eigenvalue weighted by Gasteiger charge is -2.00. The third kappa shape index (κ3) is 2.64. The normalized spacial score (nSPS) is 10.7. The molecule has 0 saturated carbocycles. The Hall–Kier alpha value is -3.02. The molecule has 6 heteroatoms. The standard InChI is InChI=1S/C15H13N3O3/c16-11-4-2-1-3-9(11)8-14-17-15(18-21-14)10-5-6-12(19)13(20)7-10/h1-7,19-20H,8,16H2. The summed E-state index contributed by atoms with van der Waals surface area (Å²) < 4.78 is 5.19. The SMILES string of the molecule is Nc1ccccc1Cc1nc(-c2ccc(O)c(O)c2)no1. The number of aromatic nitrogens is 2. The number of anilines is 1. The zero-order valence-corrected chi connectivity index (χ0v) is 11.0. The second-order valence-electron chi connectivity index (χ2n) is 4.59. The molecule has 0 aliphatic carbocycles. The molecular weight excluding hydrogens is 270 g/mol. The van der Waals surface area contributed by atoms with Gasteiger partial charge in [-0.3, -0.25) is 0 Å². The van der Waals surface area contributed by atoms with Crippen LogP contribution in [0, 0.1) is 0 Å². The number of hydrogen-bond donors (Lipinski definition) is 3. The highest BCUT2D eigenvalue weighted by Crippen LogP contribution is 2.29. The number of para-hydroxylation sites is 1. The van der Waals surface area contributed by atoms with Gasteiger partial charge in [-0.2, -0.15) is 4.98 Å². The molecule has 2 aromatic carbocycles. The monoisotopic (exact) mass is 283 g/mol. The lowest BCUT2D eigenvalue weighted by molar-refractivity contribution is 0.385. The largest absolute Gasteiger partial charge is 0.504 e. The summed E-state index contributed by atoms with van der Waals surface area (Å²) in [6, 6.07) is 11.8. The van der Waals surface area contributed by atoms with E-state index in [0.29, 0.717) is 29.4 Å². The van der Waals surface area contributed by atoms with Crippen molar-refractivity contribution in [2.24, 2.45) is 0 Å². The Morgan fingerprint density at radius 3 is 2.62 bits per heavy atom. The highest BCUT2D eigenvalue weighted by molar-refractivity contribution is 5.60. The van der Waals surface area contributed by atoms with E-state index in [1.807, 2.05) is 24.3 Å². The topological polar surface area (TPSA) is 105 Å². The molecule has 0 spiro atoms. The van der Waals surface area contributed by atoms with Crippen molar-refractivity contribution in [3.63, 3.8) is 0 Å². The van der Waals surface area contributed by atoms with E-state index < -0.39 is 0 Å². The lowest BCUT2D eigenvalue weighted by atomic mass is 10.1. The number of rotatable bonds is 3. The van der Waals surface area contributed by atoms with Crippen molar-refractivity contribution < 1.29 is 14.7 Å². The summed E-state index contributed by atoms with van der Waals surface area (Å²) in [6.45, 7) is 0. The van der Waals surface area contributed by atoms with Crippen LogP contribution in [0.15, 0.2) is 47.0 Å². The van der Waals surface area contributed by atoms with Gasteiger partial charge in [0.25, 0.3) is 0 Å². The minimum Gasteiger partial charge on any atom is -0.504 e. The lowest BCUT2D eigenvalue weighted by Crippen LogP contribution is -1.95. The molecule has 0 saturated heterocycles. The van der Waals surface area contributed by atoms with Crippen molar-refractivity contribution >= 4 is 5.69 Å². The van der Waals surface area contributed by atoms with Gasteiger partial charge in [0.15, 0.2) is 11.5 Å². The molecule has 0 amide bonds. The Kier molecular flexibility index (Phi) is 3.19. The summed E-state index contributed by atoms with van der Waals surface area (Å²) in [7, 11) is 0. The maximum atomic E-state index is 9.49. The molecule has 0 aliphatic rings. The van der Waals surface area contributed by atoms with E-state index in [0.717, 1.165) is 5.56 Å². The molecule has 0 atom stereocenters. The number of hydrogen-bond acceptors (Lipinski definition) is 6. The number of benzene rings is 2. The van der Waals surface area contributed by atoms with Crippen LogP contribution in [0.5, 0.6) is 11.5 Å². The third-order valence-corrected chi connectivity index (χ3v) is 3.10. The van der Waals surface area contributed by atoms with Gasteiger partial charge in [0, 0.05) is 11.3 Å². The van der Waals surface area contributed by atoms with Crippen LogP contribution in [-0.2, 0) is 6.42 Å². The molecule has 4 N–H and O–H groups in total. The van der Waals surface area contributed by atoms with Gasteiger partial charge in [0.1, 0.15) is 0 Å². The van der Waals surface area contributed by atoms with Gasteiger partial charge < -0.3 is 20.5 Å². The molecule has 106 valence electrons. The summed E-state index contributed by atoms with van der Waals surface area (Å²) in [5.74, 6) is 0.343.